The Hall–Kier alpha value is -2.80. The van der Waals surface area contributed by atoms with Crippen molar-refractivity contribution in [2.75, 3.05) is 25.6 Å². The smallest absolute Gasteiger partial charge is 0.338 e. The van der Waals surface area contributed by atoms with Gasteiger partial charge < -0.3 is 24.8 Å². The number of hydrogen-bond donors (Lipinski definition) is 2. The lowest BCUT2D eigenvalue weighted by Crippen LogP contribution is -2.39. The van der Waals surface area contributed by atoms with Gasteiger partial charge in [-0.1, -0.05) is 18.2 Å². The third-order valence-corrected chi connectivity index (χ3v) is 4.15. The number of ether oxygens (including phenoxy) is 3. The summed E-state index contributed by atoms with van der Waals surface area (Å²) < 4.78 is 16.1. The molecule has 0 amide bonds. The van der Waals surface area contributed by atoms with Crippen LogP contribution in [-0.2, 0) is 4.74 Å². The Bertz CT molecular complexity index is 826. The molecule has 1 atom stereocenters. The number of thiocarbonyl (C=S) groups is 1. The van der Waals surface area contributed by atoms with E-state index in [-0.39, 0.29) is 12.0 Å². The van der Waals surface area contributed by atoms with Crippen LogP contribution in [0.1, 0.15) is 29.8 Å². The van der Waals surface area contributed by atoms with Crippen molar-refractivity contribution in [3.63, 3.8) is 0 Å². The summed E-state index contributed by atoms with van der Waals surface area (Å²) in [6.45, 7) is 6.42. The fourth-order valence-corrected chi connectivity index (χ4v) is 2.79. The highest BCUT2D eigenvalue weighted by Gasteiger charge is 2.12. The number of carbonyl (C=O) groups is 1. The summed E-state index contributed by atoms with van der Waals surface area (Å²) in [7, 11) is 1.61. The van der Waals surface area contributed by atoms with Crippen molar-refractivity contribution in [2.45, 2.75) is 26.8 Å². The molecule has 0 aliphatic rings. The van der Waals surface area contributed by atoms with E-state index in [1.165, 1.54) is 0 Å². The van der Waals surface area contributed by atoms with Crippen LogP contribution in [0.4, 0.5) is 5.69 Å². The number of rotatable bonds is 8. The summed E-state index contributed by atoms with van der Waals surface area (Å²) >= 11 is 5.39. The number of methoxy groups -OCH3 is 1. The number of nitrogens with one attached hydrogen (secondary N) is 2. The number of para-hydroxylation sites is 2. The average Bonchev–Trinajstić information content (AvgIpc) is 2.68. The normalized spacial score (nSPS) is 11.3. The topological polar surface area (TPSA) is 68.8 Å². The quantitative estimate of drug-likeness (QED) is 0.512. The molecule has 0 fully saturated rings. The Morgan fingerprint density at radius 1 is 1.18 bits per heavy atom. The summed E-state index contributed by atoms with van der Waals surface area (Å²) in [6, 6.07) is 12.8. The number of esters is 1. The van der Waals surface area contributed by atoms with Gasteiger partial charge in [-0.2, -0.15) is 0 Å². The molecule has 0 spiro atoms. The van der Waals surface area contributed by atoms with Crippen molar-refractivity contribution in [3.05, 3.63) is 53.6 Å². The molecule has 0 saturated heterocycles. The van der Waals surface area contributed by atoms with Crippen LogP contribution in [-0.4, -0.2) is 37.4 Å². The lowest BCUT2D eigenvalue weighted by molar-refractivity contribution is 0.0526. The molecule has 0 aliphatic heterocycles. The van der Waals surface area contributed by atoms with Crippen molar-refractivity contribution >= 4 is 29.0 Å². The Balaban J connectivity index is 1.92. The van der Waals surface area contributed by atoms with Crippen LogP contribution in [0.25, 0.3) is 0 Å². The molecule has 0 radical (unpaired) electrons. The Morgan fingerprint density at radius 3 is 2.57 bits per heavy atom. The first kappa shape index (κ1) is 21.5. The van der Waals surface area contributed by atoms with Gasteiger partial charge in [-0.25, -0.2) is 4.79 Å². The lowest BCUT2D eigenvalue weighted by Gasteiger charge is -2.19. The van der Waals surface area contributed by atoms with Gasteiger partial charge in [0.25, 0.3) is 0 Å². The van der Waals surface area contributed by atoms with Gasteiger partial charge in [0.15, 0.2) is 16.6 Å². The van der Waals surface area contributed by atoms with E-state index in [9.17, 15) is 4.79 Å². The molecule has 150 valence electrons. The van der Waals surface area contributed by atoms with Crippen LogP contribution in [0.5, 0.6) is 11.5 Å². The van der Waals surface area contributed by atoms with Crippen molar-refractivity contribution < 1.29 is 19.0 Å². The maximum absolute atomic E-state index is 11.9. The van der Waals surface area contributed by atoms with E-state index in [2.05, 4.69) is 10.6 Å². The van der Waals surface area contributed by atoms with Gasteiger partial charge in [0.2, 0.25) is 0 Å². The fourth-order valence-electron chi connectivity index (χ4n) is 2.47. The molecule has 7 heteroatoms. The van der Waals surface area contributed by atoms with Gasteiger partial charge >= 0.3 is 5.97 Å². The van der Waals surface area contributed by atoms with E-state index in [0.717, 1.165) is 11.3 Å². The Labute approximate surface area is 171 Å². The minimum atomic E-state index is -0.358. The molecule has 0 unspecified atom stereocenters. The van der Waals surface area contributed by atoms with Crippen LogP contribution < -0.4 is 20.1 Å². The summed E-state index contributed by atoms with van der Waals surface area (Å²) in [4.78, 5) is 11.9. The van der Waals surface area contributed by atoms with Gasteiger partial charge in [-0.3, -0.25) is 0 Å². The van der Waals surface area contributed by atoms with Crippen molar-refractivity contribution in [1.82, 2.24) is 5.32 Å². The molecular weight excluding hydrogens is 376 g/mol. The first-order valence-electron chi connectivity index (χ1n) is 9.05. The fraction of sp³-hybridized carbons (Fsp3) is 0.333. The van der Waals surface area contributed by atoms with Gasteiger partial charge in [-0.05, 0) is 62.8 Å². The highest BCUT2D eigenvalue weighted by molar-refractivity contribution is 7.80. The first-order valence-corrected chi connectivity index (χ1v) is 9.46. The number of aryl methyl sites for hydroxylation is 1. The van der Waals surface area contributed by atoms with Crippen LogP contribution in [0.2, 0.25) is 0 Å². The molecule has 2 aromatic carbocycles. The van der Waals surface area contributed by atoms with Crippen molar-refractivity contribution in [1.29, 1.82) is 0 Å². The third kappa shape index (κ3) is 6.13. The molecule has 2 aromatic rings. The minimum absolute atomic E-state index is 0.0431. The van der Waals surface area contributed by atoms with E-state index in [4.69, 9.17) is 26.4 Å². The van der Waals surface area contributed by atoms with Gasteiger partial charge in [-0.15, -0.1) is 0 Å². The molecular formula is C21H26N2O4S. The van der Waals surface area contributed by atoms with Gasteiger partial charge in [0.05, 0.1) is 25.3 Å². The second kappa shape index (κ2) is 10.5. The van der Waals surface area contributed by atoms with Crippen LogP contribution in [0.15, 0.2) is 42.5 Å². The van der Waals surface area contributed by atoms with Crippen LogP contribution in [0, 0.1) is 6.92 Å². The largest absolute Gasteiger partial charge is 0.493 e. The molecule has 28 heavy (non-hydrogen) atoms. The predicted octanol–water partition coefficient (Wildman–Crippen LogP) is 3.93. The highest BCUT2D eigenvalue weighted by Crippen LogP contribution is 2.25. The second-order valence-corrected chi connectivity index (χ2v) is 6.62. The Morgan fingerprint density at radius 2 is 1.89 bits per heavy atom. The highest BCUT2D eigenvalue weighted by atomic mass is 32.1. The molecule has 2 rings (SSSR count). The lowest BCUT2D eigenvalue weighted by atomic mass is 10.1. The summed E-state index contributed by atoms with van der Waals surface area (Å²) in [5, 5.41) is 6.75. The standard InChI is InChI=1S/C21H26N2O4S/c1-5-26-20(24)16-11-10-14(2)17(12-16)23-21(28)22-15(3)13-27-19-9-7-6-8-18(19)25-4/h6-12,15H,5,13H2,1-4H3,(H2,22,23,28)/t15-/m0/s1. The van der Waals surface area contributed by atoms with E-state index >= 15 is 0 Å². The molecule has 0 bridgehead atoms. The SMILES string of the molecule is CCOC(=O)c1ccc(C)c(NC(=S)N[C@@H](C)COc2ccccc2OC)c1. The zero-order chi connectivity index (χ0) is 20.5. The van der Waals surface area contributed by atoms with E-state index in [0.29, 0.717) is 35.4 Å². The van der Waals surface area contributed by atoms with Crippen molar-refractivity contribution in [2.24, 2.45) is 0 Å². The molecule has 6 nitrogen and oxygen atoms in total. The summed E-state index contributed by atoms with van der Waals surface area (Å²) in [6.07, 6.45) is 0. The number of benzene rings is 2. The predicted molar refractivity (Wildman–Crippen MR) is 114 cm³/mol. The molecule has 0 aromatic heterocycles. The van der Waals surface area contributed by atoms with Gasteiger partial charge in [0.1, 0.15) is 6.61 Å². The minimum Gasteiger partial charge on any atom is -0.493 e. The third-order valence-electron chi connectivity index (χ3n) is 3.93. The number of hydrogen-bond acceptors (Lipinski definition) is 5. The maximum atomic E-state index is 11.9. The monoisotopic (exact) mass is 402 g/mol. The molecule has 0 saturated carbocycles. The van der Waals surface area contributed by atoms with Gasteiger partial charge in [0, 0.05) is 5.69 Å². The Kier molecular flexibility index (Phi) is 8.07. The maximum Gasteiger partial charge on any atom is 0.338 e. The summed E-state index contributed by atoms with van der Waals surface area (Å²) in [5.41, 5.74) is 2.20. The zero-order valence-electron chi connectivity index (χ0n) is 16.6. The van der Waals surface area contributed by atoms with E-state index in [1.54, 1.807) is 26.2 Å². The molecule has 2 N–H and O–H groups in total. The van der Waals surface area contributed by atoms with Crippen LogP contribution >= 0.6 is 12.2 Å². The molecule has 0 aliphatic carbocycles. The van der Waals surface area contributed by atoms with E-state index < -0.39 is 0 Å². The van der Waals surface area contributed by atoms with Crippen LogP contribution in [0.3, 0.4) is 0 Å². The first-order chi connectivity index (χ1) is 13.4. The van der Waals surface area contributed by atoms with E-state index in [1.807, 2.05) is 44.2 Å². The number of carbonyl (C=O) groups excluding carboxylic acids is 1. The second-order valence-electron chi connectivity index (χ2n) is 6.21. The summed E-state index contributed by atoms with van der Waals surface area (Å²) in [5.74, 6) is 1.00. The molecule has 0 heterocycles. The van der Waals surface area contributed by atoms with Crippen molar-refractivity contribution in [3.8, 4) is 11.5 Å². The zero-order valence-corrected chi connectivity index (χ0v) is 17.4. The average molecular weight is 403 g/mol. The number of anilines is 1.